The second-order valence-electron chi connectivity index (χ2n) is 8.76. The predicted molar refractivity (Wildman–Crippen MR) is 99.7 cm³/mol. The van der Waals surface area contributed by atoms with E-state index < -0.39 is 20.4 Å². The molecule has 0 amide bonds. The van der Waals surface area contributed by atoms with Gasteiger partial charge in [-0.3, -0.25) is 13.8 Å². The summed E-state index contributed by atoms with van der Waals surface area (Å²) in [5.41, 5.74) is 0.350. The lowest BCUT2D eigenvalue weighted by molar-refractivity contribution is -0.141. The van der Waals surface area contributed by atoms with Gasteiger partial charge in [-0.05, 0) is 49.7 Å². The highest BCUT2D eigenvalue weighted by Crippen LogP contribution is 2.68. The fraction of sp³-hybridized carbons (Fsp3) is 0.700. The van der Waals surface area contributed by atoms with E-state index >= 15 is 0 Å². The first kappa shape index (κ1) is 17.7. The standard InChI is InChI=1S/C20H25ClO3S/c1-18-8-6-13(22)10-12(18)4-5-14-15-7-9-20(21,25(3)24)19(15,2)11-16(23)17(14)18/h6,8,10,14-15,17H,4-5,7,9,11H2,1-3H3/t14-,15-,17+,18-,19-,20-,25?/m0/s1. The molecule has 25 heavy (non-hydrogen) atoms. The van der Waals surface area contributed by atoms with Gasteiger partial charge in [-0.15, -0.1) is 11.6 Å². The molecule has 7 atom stereocenters. The number of rotatable bonds is 1. The summed E-state index contributed by atoms with van der Waals surface area (Å²) in [4.78, 5) is 25.1. The Hall–Kier alpha value is -0.740. The van der Waals surface area contributed by atoms with Crippen LogP contribution in [-0.4, -0.2) is 26.2 Å². The van der Waals surface area contributed by atoms with Crippen molar-refractivity contribution in [1.29, 1.82) is 0 Å². The van der Waals surface area contributed by atoms with Crippen LogP contribution in [0.25, 0.3) is 0 Å². The summed E-state index contributed by atoms with van der Waals surface area (Å²) in [7, 11) is -1.17. The van der Waals surface area contributed by atoms with E-state index in [9.17, 15) is 13.8 Å². The molecule has 0 heterocycles. The average Bonchev–Trinajstić information content (AvgIpc) is 2.80. The van der Waals surface area contributed by atoms with Crippen molar-refractivity contribution in [3.8, 4) is 0 Å². The molecule has 0 aromatic carbocycles. The number of carbonyl (C=O) groups excluding carboxylic acids is 2. The van der Waals surface area contributed by atoms with Crippen LogP contribution in [0.2, 0.25) is 0 Å². The van der Waals surface area contributed by atoms with Crippen molar-refractivity contribution in [2.75, 3.05) is 6.26 Å². The Kier molecular flexibility index (Phi) is 3.81. The van der Waals surface area contributed by atoms with E-state index in [2.05, 4.69) is 13.8 Å². The van der Waals surface area contributed by atoms with Crippen molar-refractivity contribution < 1.29 is 13.8 Å². The number of allylic oxidation sites excluding steroid dienone is 4. The van der Waals surface area contributed by atoms with Crippen LogP contribution in [0.15, 0.2) is 23.8 Å². The third-order valence-corrected chi connectivity index (χ3v) is 10.6. The number of alkyl halides is 1. The molecule has 4 aliphatic rings. The van der Waals surface area contributed by atoms with Gasteiger partial charge in [0.15, 0.2) is 5.78 Å². The molecule has 136 valence electrons. The minimum Gasteiger partial charge on any atom is -0.299 e. The third kappa shape index (κ3) is 2.13. The maximum absolute atomic E-state index is 13.3. The van der Waals surface area contributed by atoms with Crippen molar-refractivity contribution >= 4 is 34.0 Å². The molecule has 0 aliphatic heterocycles. The molecule has 0 N–H and O–H groups in total. The average molecular weight is 381 g/mol. The molecule has 4 aliphatic carbocycles. The van der Waals surface area contributed by atoms with Gasteiger partial charge in [0, 0.05) is 40.2 Å². The summed E-state index contributed by atoms with van der Waals surface area (Å²) in [5, 5.41) is 0. The molecule has 3 nitrogen and oxygen atoms in total. The van der Waals surface area contributed by atoms with Crippen molar-refractivity contribution in [1.82, 2.24) is 0 Å². The smallest absolute Gasteiger partial charge is 0.178 e. The fourth-order valence-corrected chi connectivity index (χ4v) is 8.04. The monoisotopic (exact) mass is 380 g/mol. The first-order chi connectivity index (χ1) is 11.6. The Morgan fingerprint density at radius 1 is 1.24 bits per heavy atom. The Labute approximate surface area is 156 Å². The van der Waals surface area contributed by atoms with Crippen molar-refractivity contribution in [2.45, 2.75) is 50.2 Å². The first-order valence-corrected chi connectivity index (χ1v) is 11.1. The van der Waals surface area contributed by atoms with E-state index in [0.717, 1.165) is 24.8 Å². The largest absolute Gasteiger partial charge is 0.299 e. The number of halogens is 1. The molecule has 0 saturated heterocycles. The molecular weight excluding hydrogens is 356 g/mol. The van der Waals surface area contributed by atoms with E-state index in [1.807, 2.05) is 6.08 Å². The SMILES string of the molecule is CS(=O)[C@@]1(Cl)CC[C@H]2[C@@H]3CCC4=CC(=O)C=C[C@]4(C)[C@H]3C(=O)C[C@@]21C. The van der Waals surface area contributed by atoms with Crippen LogP contribution in [0, 0.1) is 28.6 Å². The second-order valence-corrected chi connectivity index (χ2v) is 11.2. The van der Waals surface area contributed by atoms with Gasteiger partial charge in [-0.2, -0.15) is 0 Å². The molecule has 0 bridgehead atoms. The molecule has 3 fully saturated rings. The van der Waals surface area contributed by atoms with Crippen LogP contribution >= 0.6 is 11.6 Å². The van der Waals surface area contributed by atoms with E-state index in [-0.39, 0.29) is 28.8 Å². The maximum atomic E-state index is 13.3. The van der Waals surface area contributed by atoms with Gasteiger partial charge in [0.1, 0.15) is 9.99 Å². The quantitative estimate of drug-likeness (QED) is 0.650. The summed E-state index contributed by atoms with van der Waals surface area (Å²) in [5.74, 6) is 0.755. The summed E-state index contributed by atoms with van der Waals surface area (Å²) in [6.07, 6.45) is 10.8. The Balaban J connectivity index is 1.78. The highest BCUT2D eigenvalue weighted by Gasteiger charge is 2.67. The van der Waals surface area contributed by atoms with Crippen LogP contribution in [0.5, 0.6) is 0 Å². The van der Waals surface area contributed by atoms with Crippen LogP contribution in [0.1, 0.15) is 46.0 Å². The minimum absolute atomic E-state index is 0.0287. The number of Topliss-reactive ketones (excluding diaryl/α,β-unsaturated/α-hetero) is 1. The third-order valence-electron chi connectivity index (χ3n) is 7.73. The van der Waals surface area contributed by atoms with E-state index in [0.29, 0.717) is 18.8 Å². The Morgan fingerprint density at radius 2 is 1.96 bits per heavy atom. The van der Waals surface area contributed by atoms with Gasteiger partial charge < -0.3 is 0 Å². The molecule has 0 aromatic heterocycles. The number of carbonyl (C=O) groups is 2. The molecule has 0 radical (unpaired) electrons. The van der Waals surface area contributed by atoms with Gasteiger partial charge in [0.2, 0.25) is 0 Å². The van der Waals surface area contributed by atoms with Crippen LogP contribution in [-0.2, 0) is 20.4 Å². The van der Waals surface area contributed by atoms with Crippen molar-refractivity contribution in [2.24, 2.45) is 28.6 Å². The number of hydrogen-bond donors (Lipinski definition) is 0. The molecule has 3 saturated carbocycles. The first-order valence-electron chi connectivity index (χ1n) is 9.13. The maximum Gasteiger partial charge on any atom is 0.178 e. The van der Waals surface area contributed by atoms with Crippen molar-refractivity contribution in [3.05, 3.63) is 23.8 Å². The van der Waals surface area contributed by atoms with Gasteiger partial charge in [-0.1, -0.05) is 25.5 Å². The summed E-state index contributed by atoms with van der Waals surface area (Å²) in [6.45, 7) is 4.20. The normalized spacial score (nSPS) is 49.9. The van der Waals surface area contributed by atoms with Gasteiger partial charge in [0.25, 0.3) is 0 Å². The lowest BCUT2D eigenvalue weighted by atomic mass is 9.48. The minimum atomic E-state index is -1.17. The molecule has 4 rings (SSSR count). The highest BCUT2D eigenvalue weighted by molar-refractivity contribution is 7.87. The molecular formula is C20H25ClO3S. The molecule has 0 aromatic rings. The van der Waals surface area contributed by atoms with E-state index in [1.54, 1.807) is 18.4 Å². The van der Waals surface area contributed by atoms with Crippen LogP contribution in [0.4, 0.5) is 0 Å². The lowest BCUT2D eigenvalue weighted by Gasteiger charge is -2.56. The van der Waals surface area contributed by atoms with Gasteiger partial charge in [-0.25, -0.2) is 0 Å². The van der Waals surface area contributed by atoms with E-state index in [4.69, 9.17) is 11.6 Å². The van der Waals surface area contributed by atoms with E-state index in [1.165, 1.54) is 0 Å². The zero-order valence-corrected chi connectivity index (χ0v) is 16.6. The molecule has 1 unspecified atom stereocenters. The topological polar surface area (TPSA) is 51.2 Å². The Morgan fingerprint density at radius 3 is 2.64 bits per heavy atom. The zero-order chi connectivity index (χ0) is 18.2. The summed E-state index contributed by atoms with van der Waals surface area (Å²) in [6, 6.07) is 0. The fourth-order valence-electron chi connectivity index (χ4n) is 6.44. The predicted octanol–water partition coefficient (Wildman–Crippen LogP) is 3.79. The van der Waals surface area contributed by atoms with Gasteiger partial charge in [0.05, 0.1) is 0 Å². The molecule has 5 heteroatoms. The lowest BCUT2D eigenvalue weighted by Crippen LogP contribution is -2.57. The highest BCUT2D eigenvalue weighted by atomic mass is 35.5. The zero-order valence-electron chi connectivity index (χ0n) is 15.0. The van der Waals surface area contributed by atoms with Crippen LogP contribution < -0.4 is 0 Å². The number of ketones is 2. The van der Waals surface area contributed by atoms with Gasteiger partial charge >= 0.3 is 0 Å². The summed E-state index contributed by atoms with van der Waals surface area (Å²) >= 11 is 6.89. The van der Waals surface area contributed by atoms with Crippen molar-refractivity contribution in [3.63, 3.8) is 0 Å². The number of hydrogen-bond acceptors (Lipinski definition) is 3. The molecule has 0 spiro atoms. The number of fused-ring (bicyclic) bond motifs is 5. The van der Waals surface area contributed by atoms with Crippen LogP contribution in [0.3, 0.4) is 0 Å². The summed E-state index contributed by atoms with van der Waals surface area (Å²) < 4.78 is 11.6. The Bertz CT molecular complexity index is 756. The second kappa shape index (κ2) is 5.39.